The van der Waals surface area contributed by atoms with E-state index in [9.17, 15) is 9.18 Å². The molecule has 30 heavy (non-hydrogen) atoms. The molecule has 1 unspecified atom stereocenters. The summed E-state index contributed by atoms with van der Waals surface area (Å²) in [6, 6.07) is 7.97. The van der Waals surface area contributed by atoms with E-state index < -0.39 is 0 Å². The van der Waals surface area contributed by atoms with Crippen LogP contribution in [0.1, 0.15) is 79.5 Å². The largest absolute Gasteiger partial charge is 0.443 e. The third kappa shape index (κ3) is 4.30. The molecule has 1 N–H and O–H groups in total. The average Bonchev–Trinajstić information content (AvgIpc) is 3.39. The molecule has 1 amide bonds. The molecule has 0 bridgehead atoms. The first-order chi connectivity index (χ1) is 14.3. The first-order valence-electron chi connectivity index (χ1n) is 10.4. The number of nitrogens with zero attached hydrogens (tertiary/aromatic N) is 3. The number of hydrogen-bond donors (Lipinski definition) is 1. The van der Waals surface area contributed by atoms with E-state index in [-0.39, 0.29) is 23.2 Å². The van der Waals surface area contributed by atoms with Crippen molar-refractivity contribution in [1.29, 1.82) is 0 Å². The fourth-order valence-electron chi connectivity index (χ4n) is 3.76. The number of halogens is 1. The van der Waals surface area contributed by atoms with Gasteiger partial charge in [0.15, 0.2) is 0 Å². The molecule has 4 rings (SSSR count). The molecule has 3 aromatic rings. The molecule has 1 fully saturated rings. The lowest BCUT2D eigenvalue weighted by Gasteiger charge is -2.33. The zero-order valence-corrected chi connectivity index (χ0v) is 17.6. The van der Waals surface area contributed by atoms with Crippen LogP contribution in [0.3, 0.4) is 0 Å². The molecule has 1 saturated heterocycles. The van der Waals surface area contributed by atoms with Crippen molar-refractivity contribution in [1.82, 2.24) is 20.1 Å². The average molecular weight is 410 g/mol. The van der Waals surface area contributed by atoms with Gasteiger partial charge >= 0.3 is 0 Å². The summed E-state index contributed by atoms with van der Waals surface area (Å²) in [4.78, 5) is 19.5. The predicted octanol–water partition coefficient (Wildman–Crippen LogP) is 4.79. The molecule has 7 heteroatoms. The van der Waals surface area contributed by atoms with Crippen LogP contribution >= 0.6 is 0 Å². The van der Waals surface area contributed by atoms with Crippen LogP contribution in [-0.4, -0.2) is 32.5 Å². The van der Waals surface area contributed by atoms with E-state index in [4.69, 9.17) is 4.42 Å². The zero-order chi connectivity index (χ0) is 21.3. The van der Waals surface area contributed by atoms with Gasteiger partial charge in [0.05, 0.1) is 6.20 Å². The van der Waals surface area contributed by atoms with Gasteiger partial charge in [-0.15, -0.1) is 0 Å². The molecule has 2 aromatic heterocycles. The van der Waals surface area contributed by atoms with Gasteiger partial charge < -0.3 is 9.32 Å². The molecule has 1 aromatic carbocycles. The summed E-state index contributed by atoms with van der Waals surface area (Å²) in [5.41, 5.74) is 2.19. The van der Waals surface area contributed by atoms with Gasteiger partial charge in [-0.25, -0.2) is 9.37 Å². The van der Waals surface area contributed by atoms with E-state index in [2.05, 4.69) is 36.0 Å². The number of aromatic amines is 1. The summed E-state index contributed by atoms with van der Waals surface area (Å²) in [6.07, 6.45) is 4.99. The molecule has 1 aliphatic heterocycles. The molecule has 0 spiro atoms. The number of aromatic nitrogens is 3. The first-order valence-corrected chi connectivity index (χ1v) is 10.4. The van der Waals surface area contributed by atoms with Crippen molar-refractivity contribution in [2.45, 2.75) is 57.9 Å². The Kier molecular flexibility index (Phi) is 5.45. The summed E-state index contributed by atoms with van der Waals surface area (Å²) in [5, 5.41) is 7.25. The number of oxazole rings is 1. The lowest BCUT2D eigenvalue weighted by atomic mass is 9.92. The van der Waals surface area contributed by atoms with Gasteiger partial charge in [-0.05, 0) is 43.0 Å². The topological polar surface area (TPSA) is 75.0 Å². The van der Waals surface area contributed by atoms with Crippen LogP contribution in [0.25, 0.3) is 0 Å². The number of likely N-dealkylation sites (tertiary alicyclic amines) is 1. The zero-order valence-electron chi connectivity index (χ0n) is 17.6. The highest BCUT2D eigenvalue weighted by Gasteiger charge is 2.33. The Morgan fingerprint density at radius 2 is 2.03 bits per heavy atom. The number of carbonyl (C=O) groups is 1. The second-order valence-corrected chi connectivity index (χ2v) is 8.90. The number of H-pyrrole nitrogens is 1. The lowest BCUT2D eigenvalue weighted by Crippen LogP contribution is -2.38. The number of hydrogen-bond acceptors (Lipinski definition) is 4. The van der Waals surface area contributed by atoms with E-state index in [1.165, 1.54) is 12.1 Å². The quantitative estimate of drug-likeness (QED) is 0.671. The maximum atomic E-state index is 13.2. The molecule has 0 radical (unpaired) electrons. The number of rotatable bonds is 4. The minimum absolute atomic E-state index is 0.106. The molecule has 3 heterocycles. The molecule has 1 aliphatic rings. The van der Waals surface area contributed by atoms with Gasteiger partial charge in [-0.3, -0.25) is 9.89 Å². The Hall–Kier alpha value is -2.96. The minimum Gasteiger partial charge on any atom is -0.443 e. The Labute approximate surface area is 175 Å². The van der Waals surface area contributed by atoms with Crippen molar-refractivity contribution in [2.75, 3.05) is 6.54 Å². The van der Waals surface area contributed by atoms with Crippen LogP contribution in [0.15, 0.2) is 40.9 Å². The SMILES string of the molecule is CC(C)(C)c1cc(C(=O)N2CCCCC2c2ncc(Cc3ccc(F)cc3)o2)n[nH]1. The Morgan fingerprint density at radius 1 is 1.27 bits per heavy atom. The highest BCUT2D eigenvalue weighted by molar-refractivity contribution is 5.92. The van der Waals surface area contributed by atoms with Gasteiger partial charge in [-0.2, -0.15) is 5.10 Å². The highest BCUT2D eigenvalue weighted by Crippen LogP contribution is 2.32. The van der Waals surface area contributed by atoms with Crippen molar-refractivity contribution in [3.05, 3.63) is 70.9 Å². The van der Waals surface area contributed by atoms with Gasteiger partial charge in [0.2, 0.25) is 5.89 Å². The molecule has 1 atom stereocenters. The van der Waals surface area contributed by atoms with Crippen molar-refractivity contribution < 1.29 is 13.6 Å². The highest BCUT2D eigenvalue weighted by atomic mass is 19.1. The number of carbonyl (C=O) groups excluding carboxylic acids is 1. The standard InChI is InChI=1S/C23H27FN4O2/c1-23(2,3)20-13-18(26-27-20)22(29)28-11-5-4-6-19(28)21-25-14-17(30-21)12-15-7-9-16(24)10-8-15/h7-10,13-14,19H,4-6,11-12H2,1-3H3,(H,26,27). The van der Waals surface area contributed by atoms with Crippen LogP contribution in [0.4, 0.5) is 4.39 Å². The molecular weight excluding hydrogens is 383 g/mol. The van der Waals surface area contributed by atoms with Gasteiger partial charge in [0.1, 0.15) is 23.3 Å². The normalized spacial score (nSPS) is 17.3. The van der Waals surface area contributed by atoms with Crippen LogP contribution in [0.5, 0.6) is 0 Å². The monoisotopic (exact) mass is 410 g/mol. The second-order valence-electron chi connectivity index (χ2n) is 8.90. The lowest BCUT2D eigenvalue weighted by molar-refractivity contribution is 0.0564. The predicted molar refractivity (Wildman–Crippen MR) is 111 cm³/mol. The van der Waals surface area contributed by atoms with Crippen molar-refractivity contribution in [3.8, 4) is 0 Å². The summed E-state index contributed by atoms with van der Waals surface area (Å²) >= 11 is 0. The van der Waals surface area contributed by atoms with Crippen LogP contribution < -0.4 is 0 Å². The van der Waals surface area contributed by atoms with E-state index in [0.717, 1.165) is 30.5 Å². The van der Waals surface area contributed by atoms with E-state index in [1.807, 2.05) is 11.0 Å². The number of amides is 1. The molecule has 158 valence electrons. The summed E-state index contributed by atoms with van der Waals surface area (Å²) in [7, 11) is 0. The fourth-order valence-corrected chi connectivity index (χ4v) is 3.76. The van der Waals surface area contributed by atoms with Gasteiger partial charge in [-0.1, -0.05) is 32.9 Å². The Bertz CT molecular complexity index is 1020. The van der Waals surface area contributed by atoms with E-state index >= 15 is 0 Å². The molecule has 0 saturated carbocycles. The smallest absolute Gasteiger partial charge is 0.275 e. The minimum atomic E-state index is -0.263. The number of nitrogens with one attached hydrogen (secondary N) is 1. The maximum absolute atomic E-state index is 13.2. The van der Waals surface area contributed by atoms with Gasteiger partial charge in [0.25, 0.3) is 5.91 Å². The van der Waals surface area contributed by atoms with Crippen molar-refractivity contribution in [2.24, 2.45) is 0 Å². The van der Waals surface area contributed by atoms with Crippen LogP contribution in [0.2, 0.25) is 0 Å². The molecular formula is C23H27FN4O2. The molecule has 0 aliphatic carbocycles. The van der Waals surface area contributed by atoms with E-state index in [0.29, 0.717) is 30.3 Å². The number of piperidine rings is 1. The fraction of sp³-hybridized carbons (Fsp3) is 0.435. The summed E-state index contributed by atoms with van der Waals surface area (Å²) < 4.78 is 19.1. The first kappa shape index (κ1) is 20.3. The maximum Gasteiger partial charge on any atom is 0.275 e. The Morgan fingerprint density at radius 3 is 2.73 bits per heavy atom. The number of benzene rings is 1. The third-order valence-electron chi connectivity index (χ3n) is 5.52. The van der Waals surface area contributed by atoms with E-state index in [1.54, 1.807) is 18.3 Å². The van der Waals surface area contributed by atoms with Crippen molar-refractivity contribution in [3.63, 3.8) is 0 Å². The Balaban J connectivity index is 1.52. The molecule has 6 nitrogen and oxygen atoms in total. The van der Waals surface area contributed by atoms with Crippen molar-refractivity contribution >= 4 is 5.91 Å². The van der Waals surface area contributed by atoms with Crippen LogP contribution in [0, 0.1) is 5.82 Å². The second kappa shape index (κ2) is 8.05. The summed E-state index contributed by atoms with van der Waals surface area (Å²) in [6.45, 7) is 6.88. The summed E-state index contributed by atoms with van der Waals surface area (Å²) in [5.74, 6) is 0.877. The van der Waals surface area contributed by atoms with Crippen LogP contribution in [-0.2, 0) is 11.8 Å². The third-order valence-corrected chi connectivity index (χ3v) is 5.52. The van der Waals surface area contributed by atoms with Gasteiger partial charge in [0, 0.05) is 24.1 Å².